The molecule has 1 aromatic carbocycles. The molecular weight excluding hydrogens is 266 g/mol. The van der Waals surface area contributed by atoms with Crippen LogP contribution in [-0.4, -0.2) is 4.98 Å². The van der Waals surface area contributed by atoms with Crippen LogP contribution in [0.15, 0.2) is 54.7 Å². The topological polar surface area (TPSA) is 12.9 Å². The molecule has 1 nitrogen and oxygen atoms in total. The molecule has 1 heteroatoms. The first-order valence-electron chi connectivity index (χ1n) is 8.57. The van der Waals surface area contributed by atoms with Crippen LogP contribution >= 0.6 is 0 Å². The summed E-state index contributed by atoms with van der Waals surface area (Å²) in [5.41, 5.74) is 2.58. The van der Waals surface area contributed by atoms with Crippen LogP contribution in [0.2, 0.25) is 0 Å². The van der Waals surface area contributed by atoms with E-state index in [1.165, 1.54) is 5.56 Å². The van der Waals surface area contributed by atoms with E-state index in [1.54, 1.807) is 0 Å². The Bertz CT molecular complexity index is 375. The van der Waals surface area contributed by atoms with E-state index in [-0.39, 0.29) is 0 Å². The van der Waals surface area contributed by atoms with Crippen molar-refractivity contribution in [3.8, 4) is 0 Å². The maximum absolute atomic E-state index is 4.18. The Kier molecular flexibility index (Phi) is 16.2. The van der Waals surface area contributed by atoms with Crippen molar-refractivity contribution in [3.63, 3.8) is 0 Å². The van der Waals surface area contributed by atoms with Gasteiger partial charge in [0.25, 0.3) is 0 Å². The average Bonchev–Trinajstić information content (AvgIpc) is 2.60. The van der Waals surface area contributed by atoms with Crippen molar-refractivity contribution in [2.75, 3.05) is 0 Å². The van der Waals surface area contributed by atoms with Crippen molar-refractivity contribution in [2.24, 2.45) is 0 Å². The van der Waals surface area contributed by atoms with Crippen LogP contribution in [0.4, 0.5) is 0 Å². The standard InChI is InChI=1S/C9H12.C8H11N.2C2H6/c1-8(2)9-6-4-3-5-7-9;1-7(2)8-5-3-4-6-9-8;2*1-2/h3-8H,1-2H3;3-7H,1-2H3;2*1-2H3. The van der Waals surface area contributed by atoms with Crippen molar-refractivity contribution in [1.29, 1.82) is 0 Å². The molecule has 0 spiro atoms. The normalized spacial score (nSPS) is 8.82. The van der Waals surface area contributed by atoms with Crippen LogP contribution in [0.3, 0.4) is 0 Å². The van der Waals surface area contributed by atoms with Crippen LogP contribution in [0.1, 0.15) is 78.5 Å². The Morgan fingerprint density at radius 2 is 1.14 bits per heavy atom. The molecule has 0 atom stereocenters. The summed E-state index contributed by atoms with van der Waals surface area (Å²) in [6, 6.07) is 16.5. The first kappa shape index (κ1) is 22.6. The van der Waals surface area contributed by atoms with Gasteiger partial charge in [0.1, 0.15) is 0 Å². The average molecular weight is 302 g/mol. The molecule has 0 saturated carbocycles. The highest BCUT2D eigenvalue weighted by atomic mass is 14.7. The van der Waals surface area contributed by atoms with Crippen LogP contribution < -0.4 is 0 Å². The molecule has 0 aliphatic carbocycles. The molecular formula is C21H35N. The minimum Gasteiger partial charge on any atom is -0.261 e. The number of aromatic nitrogens is 1. The quantitative estimate of drug-likeness (QED) is 0.578. The molecule has 1 aromatic heterocycles. The lowest BCUT2D eigenvalue weighted by atomic mass is 10.0. The van der Waals surface area contributed by atoms with E-state index in [0.717, 1.165) is 5.69 Å². The number of pyridine rings is 1. The number of hydrogen-bond donors (Lipinski definition) is 0. The molecule has 2 rings (SSSR count). The molecule has 0 saturated heterocycles. The molecule has 0 N–H and O–H groups in total. The lowest BCUT2D eigenvalue weighted by Crippen LogP contribution is -1.88. The predicted octanol–water partition coefficient (Wildman–Crippen LogP) is 7.07. The van der Waals surface area contributed by atoms with Gasteiger partial charge in [0.2, 0.25) is 0 Å². The Balaban J connectivity index is 0. The summed E-state index contributed by atoms with van der Waals surface area (Å²) < 4.78 is 0. The first-order valence-corrected chi connectivity index (χ1v) is 8.57. The summed E-state index contributed by atoms with van der Waals surface area (Å²) in [5, 5.41) is 0. The number of benzene rings is 1. The highest BCUT2D eigenvalue weighted by molar-refractivity contribution is 5.17. The van der Waals surface area contributed by atoms with E-state index in [1.807, 2.05) is 58.2 Å². The zero-order valence-corrected chi connectivity index (χ0v) is 15.8. The van der Waals surface area contributed by atoms with Crippen molar-refractivity contribution >= 4 is 0 Å². The molecule has 0 aliphatic heterocycles. The molecule has 0 aliphatic rings. The predicted molar refractivity (Wildman–Crippen MR) is 102 cm³/mol. The van der Waals surface area contributed by atoms with E-state index in [0.29, 0.717) is 11.8 Å². The van der Waals surface area contributed by atoms with E-state index >= 15 is 0 Å². The molecule has 0 fully saturated rings. The van der Waals surface area contributed by atoms with Gasteiger partial charge >= 0.3 is 0 Å². The van der Waals surface area contributed by atoms with Crippen LogP contribution in [0.25, 0.3) is 0 Å². The lowest BCUT2D eigenvalue weighted by molar-refractivity contribution is 0.823. The van der Waals surface area contributed by atoms with Gasteiger partial charge in [0.15, 0.2) is 0 Å². The second kappa shape index (κ2) is 15.8. The number of nitrogens with zero attached hydrogens (tertiary/aromatic N) is 1. The zero-order valence-electron chi connectivity index (χ0n) is 15.8. The van der Waals surface area contributed by atoms with E-state index in [9.17, 15) is 0 Å². The molecule has 2 aromatic rings. The van der Waals surface area contributed by atoms with Gasteiger partial charge in [-0.2, -0.15) is 0 Å². The fourth-order valence-corrected chi connectivity index (χ4v) is 1.56. The third-order valence-electron chi connectivity index (χ3n) is 2.75. The molecule has 0 unspecified atom stereocenters. The van der Waals surface area contributed by atoms with Gasteiger partial charge in [-0.25, -0.2) is 0 Å². The molecule has 1 heterocycles. The van der Waals surface area contributed by atoms with Crippen molar-refractivity contribution < 1.29 is 0 Å². The monoisotopic (exact) mass is 301 g/mol. The summed E-state index contributed by atoms with van der Waals surface area (Å²) in [6.45, 7) is 16.7. The van der Waals surface area contributed by atoms with Gasteiger partial charge in [-0.1, -0.05) is 91.8 Å². The third kappa shape index (κ3) is 11.1. The summed E-state index contributed by atoms with van der Waals surface area (Å²) in [6.07, 6.45) is 1.83. The maximum Gasteiger partial charge on any atom is 0.0428 e. The van der Waals surface area contributed by atoms with Crippen molar-refractivity contribution in [1.82, 2.24) is 4.98 Å². The lowest BCUT2D eigenvalue weighted by Gasteiger charge is -2.01. The molecule has 0 radical (unpaired) electrons. The van der Waals surface area contributed by atoms with Gasteiger partial charge in [0.05, 0.1) is 0 Å². The van der Waals surface area contributed by atoms with E-state index in [4.69, 9.17) is 0 Å². The van der Waals surface area contributed by atoms with Gasteiger partial charge in [-0.05, 0) is 29.5 Å². The minimum absolute atomic E-state index is 0.547. The van der Waals surface area contributed by atoms with Crippen molar-refractivity contribution in [3.05, 3.63) is 66.0 Å². The SMILES string of the molecule is CC.CC.CC(C)c1ccccc1.CC(C)c1ccccn1. The Labute approximate surface area is 138 Å². The minimum atomic E-state index is 0.547. The summed E-state index contributed by atoms with van der Waals surface area (Å²) >= 11 is 0. The van der Waals surface area contributed by atoms with Crippen LogP contribution in [0.5, 0.6) is 0 Å². The Hall–Kier alpha value is -1.63. The second-order valence-corrected chi connectivity index (χ2v) is 4.97. The molecule has 124 valence electrons. The summed E-state index contributed by atoms with van der Waals surface area (Å²) in [7, 11) is 0. The number of hydrogen-bond acceptors (Lipinski definition) is 1. The fourth-order valence-electron chi connectivity index (χ4n) is 1.56. The third-order valence-corrected chi connectivity index (χ3v) is 2.75. The van der Waals surface area contributed by atoms with Crippen LogP contribution in [-0.2, 0) is 0 Å². The Morgan fingerprint density at radius 3 is 1.41 bits per heavy atom. The highest BCUT2D eigenvalue weighted by Gasteiger charge is 1.95. The number of rotatable bonds is 2. The van der Waals surface area contributed by atoms with E-state index < -0.39 is 0 Å². The van der Waals surface area contributed by atoms with Gasteiger partial charge < -0.3 is 0 Å². The summed E-state index contributed by atoms with van der Waals surface area (Å²) in [5.74, 6) is 1.21. The van der Waals surface area contributed by atoms with Gasteiger partial charge in [-0.3, -0.25) is 4.98 Å². The zero-order chi connectivity index (χ0) is 17.4. The van der Waals surface area contributed by atoms with E-state index in [2.05, 4.69) is 56.9 Å². The first-order chi connectivity index (χ1) is 10.6. The second-order valence-electron chi connectivity index (χ2n) is 4.97. The summed E-state index contributed by atoms with van der Waals surface area (Å²) in [4.78, 5) is 4.18. The largest absolute Gasteiger partial charge is 0.261 e. The van der Waals surface area contributed by atoms with Crippen LogP contribution in [0, 0.1) is 0 Å². The molecule has 0 bridgehead atoms. The Morgan fingerprint density at radius 1 is 0.636 bits per heavy atom. The molecule has 0 amide bonds. The smallest absolute Gasteiger partial charge is 0.0428 e. The molecule has 22 heavy (non-hydrogen) atoms. The maximum atomic E-state index is 4.18. The van der Waals surface area contributed by atoms with Gasteiger partial charge in [-0.15, -0.1) is 0 Å². The highest BCUT2D eigenvalue weighted by Crippen LogP contribution is 2.11. The fraction of sp³-hybridized carbons (Fsp3) is 0.476. The van der Waals surface area contributed by atoms with Crippen molar-refractivity contribution in [2.45, 2.75) is 67.2 Å². The van der Waals surface area contributed by atoms with Gasteiger partial charge in [0, 0.05) is 11.9 Å².